The average Bonchev–Trinajstić information content (AvgIpc) is 2.63. The predicted octanol–water partition coefficient (Wildman–Crippen LogP) is 4.09. The molecule has 0 bridgehead atoms. The van der Waals surface area contributed by atoms with Gasteiger partial charge in [-0.2, -0.15) is 0 Å². The summed E-state index contributed by atoms with van der Waals surface area (Å²) in [6, 6.07) is 6.24. The van der Waals surface area contributed by atoms with E-state index >= 15 is 0 Å². The predicted molar refractivity (Wildman–Crippen MR) is 113 cm³/mol. The molecule has 0 aliphatic heterocycles. The van der Waals surface area contributed by atoms with Crippen molar-refractivity contribution in [2.45, 2.75) is 52.2 Å². The second-order valence-electron chi connectivity index (χ2n) is 7.66. The third kappa shape index (κ3) is 10.2. The molecule has 0 aliphatic carbocycles. The quantitative estimate of drug-likeness (QED) is 0.436. The van der Waals surface area contributed by atoms with Crippen LogP contribution in [0.4, 0.5) is 0 Å². The third-order valence-electron chi connectivity index (χ3n) is 4.48. The Hall–Kier alpha value is -0.690. The van der Waals surface area contributed by atoms with Gasteiger partial charge in [0, 0.05) is 12.1 Å². The molecule has 1 N–H and O–H groups in total. The van der Waals surface area contributed by atoms with Crippen molar-refractivity contribution < 1.29 is 24.1 Å². The van der Waals surface area contributed by atoms with Gasteiger partial charge in [0.05, 0.1) is 45.7 Å². The third-order valence-corrected chi connectivity index (χ3v) is 4.81. The molecular formula is C22H37ClO5. The van der Waals surface area contributed by atoms with E-state index in [9.17, 15) is 5.11 Å². The number of hydrogen-bond acceptors (Lipinski definition) is 5. The van der Waals surface area contributed by atoms with Crippen molar-refractivity contribution in [1.29, 1.82) is 0 Å². The highest BCUT2D eigenvalue weighted by molar-refractivity contribution is 6.31. The van der Waals surface area contributed by atoms with Crippen LogP contribution < -0.4 is 0 Å². The summed E-state index contributed by atoms with van der Waals surface area (Å²) in [5.41, 5.74) is 2.30. The van der Waals surface area contributed by atoms with E-state index in [-0.39, 0.29) is 19.3 Å². The Morgan fingerprint density at radius 1 is 0.964 bits per heavy atom. The summed E-state index contributed by atoms with van der Waals surface area (Å²) < 4.78 is 21.6. The molecule has 1 aromatic rings. The molecule has 2 atom stereocenters. The lowest BCUT2D eigenvalue weighted by molar-refractivity contribution is -0.0627. The lowest BCUT2D eigenvalue weighted by atomic mass is 9.96. The zero-order chi connectivity index (χ0) is 20.9. The van der Waals surface area contributed by atoms with Crippen LogP contribution in [0.2, 0.25) is 5.02 Å². The molecule has 5 nitrogen and oxygen atoms in total. The SMILES string of the molecule is COCCOCCOCC(O)COC(Cc1ccc(C(C)C)c(Cl)c1)C(C)C. The summed E-state index contributed by atoms with van der Waals surface area (Å²) in [5, 5.41) is 10.9. The minimum atomic E-state index is -0.660. The number of methoxy groups -OCH3 is 1. The molecule has 6 heteroatoms. The maximum Gasteiger partial charge on any atom is 0.101 e. The molecule has 1 aromatic carbocycles. The molecule has 162 valence electrons. The van der Waals surface area contributed by atoms with E-state index in [2.05, 4.69) is 39.8 Å². The van der Waals surface area contributed by atoms with Crippen LogP contribution in [0.25, 0.3) is 0 Å². The smallest absolute Gasteiger partial charge is 0.101 e. The van der Waals surface area contributed by atoms with E-state index in [1.165, 1.54) is 0 Å². The lowest BCUT2D eigenvalue weighted by Gasteiger charge is -2.24. The number of benzene rings is 1. The summed E-state index contributed by atoms with van der Waals surface area (Å²) >= 11 is 6.41. The molecule has 0 radical (unpaired) electrons. The highest BCUT2D eigenvalue weighted by Gasteiger charge is 2.18. The summed E-state index contributed by atoms with van der Waals surface area (Å²) in [5.74, 6) is 0.727. The van der Waals surface area contributed by atoms with Crippen LogP contribution >= 0.6 is 11.6 Å². The van der Waals surface area contributed by atoms with Crippen LogP contribution in [-0.4, -0.2) is 64.1 Å². The van der Waals surface area contributed by atoms with Crippen molar-refractivity contribution in [3.05, 3.63) is 34.3 Å². The topological polar surface area (TPSA) is 57.2 Å². The van der Waals surface area contributed by atoms with E-state index in [4.69, 9.17) is 30.5 Å². The fraction of sp³-hybridized carbons (Fsp3) is 0.727. The van der Waals surface area contributed by atoms with Crippen LogP contribution in [0.1, 0.15) is 44.7 Å². The van der Waals surface area contributed by atoms with E-state index in [0.29, 0.717) is 38.3 Å². The molecule has 0 fully saturated rings. The lowest BCUT2D eigenvalue weighted by Crippen LogP contribution is -2.30. The van der Waals surface area contributed by atoms with Crippen LogP contribution in [0.3, 0.4) is 0 Å². The summed E-state index contributed by atoms with van der Waals surface area (Å²) in [6.45, 7) is 11.0. The Kier molecular flexibility index (Phi) is 13.0. The van der Waals surface area contributed by atoms with Gasteiger partial charge in [0.25, 0.3) is 0 Å². The monoisotopic (exact) mass is 416 g/mol. The Balaban J connectivity index is 2.37. The van der Waals surface area contributed by atoms with E-state index < -0.39 is 6.10 Å². The first-order chi connectivity index (χ1) is 13.3. The second kappa shape index (κ2) is 14.3. The second-order valence-corrected chi connectivity index (χ2v) is 8.07. The molecule has 2 unspecified atom stereocenters. The van der Waals surface area contributed by atoms with Gasteiger partial charge < -0.3 is 24.1 Å². The molecule has 28 heavy (non-hydrogen) atoms. The maximum atomic E-state index is 10.1. The highest BCUT2D eigenvalue weighted by Crippen LogP contribution is 2.26. The van der Waals surface area contributed by atoms with Crippen molar-refractivity contribution in [2.24, 2.45) is 5.92 Å². The van der Waals surface area contributed by atoms with Gasteiger partial charge in [-0.3, -0.25) is 0 Å². The standard InChI is InChI=1S/C22H37ClO5/c1-16(2)20-7-6-18(12-21(20)23)13-22(17(3)4)28-15-19(24)14-27-11-10-26-9-8-25-5/h6-7,12,16-17,19,22,24H,8-11,13-15H2,1-5H3. The van der Waals surface area contributed by atoms with Crippen LogP contribution in [0, 0.1) is 5.92 Å². The normalized spacial score (nSPS) is 14.0. The minimum absolute atomic E-state index is 0.00740. The first kappa shape index (κ1) is 25.3. The van der Waals surface area contributed by atoms with Crippen molar-refractivity contribution in [3.8, 4) is 0 Å². The number of hydrogen-bond donors (Lipinski definition) is 1. The van der Waals surface area contributed by atoms with Gasteiger partial charge in [-0.05, 0) is 35.4 Å². The molecule has 0 amide bonds. The van der Waals surface area contributed by atoms with Gasteiger partial charge >= 0.3 is 0 Å². The highest BCUT2D eigenvalue weighted by atomic mass is 35.5. The zero-order valence-electron chi connectivity index (χ0n) is 17.9. The van der Waals surface area contributed by atoms with E-state index in [0.717, 1.165) is 22.6 Å². The van der Waals surface area contributed by atoms with Gasteiger partial charge in [0.1, 0.15) is 6.10 Å². The van der Waals surface area contributed by atoms with Gasteiger partial charge in [0.15, 0.2) is 0 Å². The van der Waals surface area contributed by atoms with Gasteiger partial charge in [0.2, 0.25) is 0 Å². The van der Waals surface area contributed by atoms with Crippen molar-refractivity contribution in [3.63, 3.8) is 0 Å². The van der Waals surface area contributed by atoms with Gasteiger partial charge in [-0.15, -0.1) is 0 Å². The molecule has 0 saturated carbocycles. The Morgan fingerprint density at radius 2 is 1.64 bits per heavy atom. The number of rotatable bonds is 15. The number of ether oxygens (including phenoxy) is 4. The Labute approximate surface area is 175 Å². The fourth-order valence-corrected chi connectivity index (χ4v) is 3.17. The van der Waals surface area contributed by atoms with Crippen molar-refractivity contribution in [2.75, 3.05) is 46.8 Å². The first-order valence-corrected chi connectivity index (χ1v) is 10.4. The molecule has 0 aliphatic rings. The van der Waals surface area contributed by atoms with Gasteiger partial charge in [-0.1, -0.05) is 51.4 Å². The average molecular weight is 417 g/mol. The van der Waals surface area contributed by atoms with Crippen LogP contribution in [0.15, 0.2) is 18.2 Å². The Bertz CT molecular complexity index is 536. The number of aliphatic hydroxyl groups is 1. The number of aliphatic hydroxyl groups excluding tert-OH is 1. The molecular weight excluding hydrogens is 380 g/mol. The zero-order valence-corrected chi connectivity index (χ0v) is 18.7. The maximum absolute atomic E-state index is 10.1. The minimum Gasteiger partial charge on any atom is -0.388 e. The summed E-state index contributed by atoms with van der Waals surface area (Å²) in [4.78, 5) is 0. The molecule has 0 heterocycles. The summed E-state index contributed by atoms with van der Waals surface area (Å²) in [7, 11) is 1.63. The van der Waals surface area contributed by atoms with E-state index in [1.54, 1.807) is 7.11 Å². The molecule has 0 spiro atoms. The molecule has 1 rings (SSSR count). The van der Waals surface area contributed by atoms with Crippen LogP contribution in [-0.2, 0) is 25.4 Å². The van der Waals surface area contributed by atoms with Crippen molar-refractivity contribution >= 4 is 11.6 Å². The fourth-order valence-electron chi connectivity index (χ4n) is 2.75. The largest absolute Gasteiger partial charge is 0.388 e. The molecule has 0 saturated heterocycles. The van der Waals surface area contributed by atoms with E-state index in [1.807, 2.05) is 6.07 Å². The molecule has 0 aromatic heterocycles. The number of halogens is 1. The van der Waals surface area contributed by atoms with Gasteiger partial charge in [-0.25, -0.2) is 0 Å². The Morgan fingerprint density at radius 3 is 2.25 bits per heavy atom. The first-order valence-electron chi connectivity index (χ1n) is 10.1. The van der Waals surface area contributed by atoms with Crippen LogP contribution in [0.5, 0.6) is 0 Å². The van der Waals surface area contributed by atoms with Crippen molar-refractivity contribution in [1.82, 2.24) is 0 Å². The summed E-state index contributed by atoms with van der Waals surface area (Å²) in [6.07, 6.45) is 0.108.